The van der Waals surface area contributed by atoms with E-state index in [9.17, 15) is 0 Å². The predicted molar refractivity (Wildman–Crippen MR) is 52.3 cm³/mol. The number of nitrogens with two attached hydrogens (primary N) is 1. The van der Waals surface area contributed by atoms with E-state index in [1.165, 1.54) is 17.3 Å². The Balaban J connectivity index is 2.45. The molecule has 0 fully saturated rings. The largest absolute Gasteiger partial charge is 0.385 e. The Morgan fingerprint density at radius 3 is 2.73 bits per heavy atom. The van der Waals surface area contributed by atoms with Gasteiger partial charge in [-0.3, -0.25) is 4.98 Å². The molecule has 11 heavy (non-hydrogen) atoms. The molecule has 0 radical (unpaired) electrons. The molecular weight excluding hydrogens is 176 g/mol. The van der Waals surface area contributed by atoms with E-state index in [1.54, 1.807) is 12.4 Å². The highest BCUT2D eigenvalue weighted by atomic mass is 32.2. The summed E-state index contributed by atoms with van der Waals surface area (Å²) in [6.45, 7) is 0. The average Bonchev–Trinajstić information content (AvgIpc) is 2.03. The van der Waals surface area contributed by atoms with Crippen LogP contribution in [0.15, 0.2) is 24.5 Å². The van der Waals surface area contributed by atoms with E-state index in [4.69, 9.17) is 18.0 Å². The van der Waals surface area contributed by atoms with Gasteiger partial charge in [0.05, 0.1) is 0 Å². The maximum Gasteiger partial charge on any atom is 0.131 e. The molecule has 0 amide bonds. The first-order valence-corrected chi connectivity index (χ1v) is 4.49. The van der Waals surface area contributed by atoms with Crippen LogP contribution in [0.4, 0.5) is 0 Å². The number of nitrogens with zero attached hydrogens (tertiary/aromatic N) is 1. The van der Waals surface area contributed by atoms with Gasteiger partial charge in [-0.1, -0.05) is 24.0 Å². The zero-order valence-corrected chi connectivity index (χ0v) is 7.49. The van der Waals surface area contributed by atoms with Crippen molar-refractivity contribution in [3.05, 3.63) is 30.1 Å². The van der Waals surface area contributed by atoms with Crippen molar-refractivity contribution < 1.29 is 0 Å². The lowest BCUT2D eigenvalue weighted by Gasteiger charge is -1.97. The first-order chi connectivity index (χ1) is 5.29. The number of thioether (sulfide) groups is 1. The molecule has 0 unspecified atom stereocenters. The molecule has 0 aromatic carbocycles. The van der Waals surface area contributed by atoms with E-state index in [0.717, 1.165) is 5.75 Å². The first kappa shape index (κ1) is 8.49. The molecule has 0 bridgehead atoms. The SMILES string of the molecule is NC(=S)SCc1ccncc1. The van der Waals surface area contributed by atoms with Gasteiger partial charge >= 0.3 is 0 Å². The van der Waals surface area contributed by atoms with Crippen molar-refractivity contribution in [3.63, 3.8) is 0 Å². The zero-order valence-electron chi connectivity index (χ0n) is 5.86. The molecule has 2 nitrogen and oxygen atoms in total. The van der Waals surface area contributed by atoms with Crippen LogP contribution in [0.5, 0.6) is 0 Å². The van der Waals surface area contributed by atoms with Gasteiger partial charge in [0.25, 0.3) is 0 Å². The van der Waals surface area contributed by atoms with Gasteiger partial charge in [0.1, 0.15) is 4.32 Å². The van der Waals surface area contributed by atoms with Gasteiger partial charge in [-0.05, 0) is 17.7 Å². The molecule has 58 valence electrons. The number of aromatic nitrogens is 1. The molecule has 0 atom stereocenters. The Bertz CT molecular complexity index is 235. The second kappa shape index (κ2) is 4.31. The molecule has 1 aromatic heterocycles. The van der Waals surface area contributed by atoms with E-state index in [2.05, 4.69) is 4.98 Å². The van der Waals surface area contributed by atoms with E-state index < -0.39 is 0 Å². The number of hydrogen-bond acceptors (Lipinski definition) is 3. The minimum absolute atomic E-state index is 0.488. The number of thiocarbonyl (C=S) groups is 1. The average molecular weight is 184 g/mol. The van der Waals surface area contributed by atoms with Crippen LogP contribution in [0.3, 0.4) is 0 Å². The lowest BCUT2D eigenvalue weighted by Crippen LogP contribution is -2.01. The van der Waals surface area contributed by atoms with Gasteiger partial charge in [0.15, 0.2) is 0 Å². The van der Waals surface area contributed by atoms with Gasteiger partial charge in [-0.25, -0.2) is 0 Å². The quantitative estimate of drug-likeness (QED) is 0.708. The van der Waals surface area contributed by atoms with Crippen molar-refractivity contribution in [3.8, 4) is 0 Å². The lowest BCUT2D eigenvalue weighted by molar-refractivity contribution is 1.27. The third-order valence-electron chi connectivity index (χ3n) is 1.13. The predicted octanol–water partition coefficient (Wildman–Crippen LogP) is 1.56. The van der Waals surface area contributed by atoms with Crippen LogP contribution in [0.25, 0.3) is 0 Å². The molecule has 2 N–H and O–H groups in total. The van der Waals surface area contributed by atoms with Gasteiger partial charge in [-0.15, -0.1) is 0 Å². The summed E-state index contributed by atoms with van der Waals surface area (Å²) in [6, 6.07) is 3.90. The zero-order chi connectivity index (χ0) is 8.10. The van der Waals surface area contributed by atoms with Crippen molar-refractivity contribution in [2.45, 2.75) is 5.75 Å². The molecule has 1 heterocycles. The molecule has 0 aliphatic heterocycles. The van der Waals surface area contributed by atoms with E-state index in [0.29, 0.717) is 4.32 Å². The van der Waals surface area contributed by atoms with Crippen LogP contribution in [0, 0.1) is 0 Å². The molecule has 0 saturated carbocycles. The van der Waals surface area contributed by atoms with E-state index in [1.807, 2.05) is 12.1 Å². The number of pyridine rings is 1. The highest BCUT2D eigenvalue weighted by molar-refractivity contribution is 8.22. The second-order valence-electron chi connectivity index (χ2n) is 1.96. The molecular formula is C7H8N2S2. The topological polar surface area (TPSA) is 38.9 Å². The summed E-state index contributed by atoms with van der Waals surface area (Å²) >= 11 is 6.19. The summed E-state index contributed by atoms with van der Waals surface area (Å²) in [6.07, 6.45) is 3.52. The Morgan fingerprint density at radius 2 is 2.18 bits per heavy atom. The molecule has 0 saturated heterocycles. The van der Waals surface area contributed by atoms with E-state index >= 15 is 0 Å². The monoisotopic (exact) mass is 184 g/mol. The van der Waals surface area contributed by atoms with Crippen LogP contribution in [0.1, 0.15) is 5.56 Å². The summed E-state index contributed by atoms with van der Waals surface area (Å²) in [5, 5.41) is 0. The molecule has 0 spiro atoms. The lowest BCUT2D eigenvalue weighted by atomic mass is 10.3. The van der Waals surface area contributed by atoms with E-state index in [-0.39, 0.29) is 0 Å². The van der Waals surface area contributed by atoms with Gasteiger partial charge in [0.2, 0.25) is 0 Å². The summed E-state index contributed by atoms with van der Waals surface area (Å²) in [4.78, 5) is 3.90. The van der Waals surface area contributed by atoms with Crippen molar-refractivity contribution in [1.29, 1.82) is 0 Å². The third-order valence-corrected chi connectivity index (χ3v) is 2.25. The Hall–Kier alpha value is -0.610. The number of hydrogen-bond donors (Lipinski definition) is 1. The fraction of sp³-hybridized carbons (Fsp3) is 0.143. The van der Waals surface area contributed by atoms with Gasteiger partial charge in [0, 0.05) is 18.1 Å². The van der Waals surface area contributed by atoms with Crippen LogP contribution in [-0.4, -0.2) is 9.30 Å². The molecule has 4 heteroatoms. The minimum Gasteiger partial charge on any atom is -0.385 e. The third kappa shape index (κ3) is 3.34. The Labute approximate surface area is 75.2 Å². The van der Waals surface area contributed by atoms with Crippen LogP contribution >= 0.6 is 24.0 Å². The number of rotatable bonds is 2. The summed E-state index contributed by atoms with van der Waals surface area (Å²) in [7, 11) is 0. The van der Waals surface area contributed by atoms with Crippen molar-refractivity contribution in [2.24, 2.45) is 5.73 Å². The fourth-order valence-electron chi connectivity index (χ4n) is 0.633. The smallest absolute Gasteiger partial charge is 0.131 e. The van der Waals surface area contributed by atoms with Crippen LogP contribution in [-0.2, 0) is 5.75 Å². The highest BCUT2D eigenvalue weighted by Gasteiger charge is 1.92. The highest BCUT2D eigenvalue weighted by Crippen LogP contribution is 2.09. The first-order valence-electron chi connectivity index (χ1n) is 3.10. The standard InChI is InChI=1S/C7H8N2S2/c8-7(10)11-5-6-1-3-9-4-2-6/h1-4H,5H2,(H2,8,10). The Morgan fingerprint density at radius 1 is 1.55 bits per heavy atom. The van der Waals surface area contributed by atoms with Crippen LogP contribution in [0.2, 0.25) is 0 Å². The summed E-state index contributed by atoms with van der Waals surface area (Å²) in [5.74, 6) is 0.831. The molecule has 0 aliphatic carbocycles. The Kier molecular flexibility index (Phi) is 3.32. The van der Waals surface area contributed by atoms with Gasteiger partial charge in [-0.2, -0.15) is 0 Å². The summed E-state index contributed by atoms with van der Waals surface area (Å²) in [5.41, 5.74) is 6.51. The normalized spacial score (nSPS) is 9.45. The maximum atomic E-state index is 5.32. The van der Waals surface area contributed by atoms with Gasteiger partial charge < -0.3 is 5.73 Å². The molecule has 1 rings (SSSR count). The minimum atomic E-state index is 0.488. The second-order valence-corrected chi connectivity index (χ2v) is 3.68. The maximum absolute atomic E-state index is 5.32. The van der Waals surface area contributed by atoms with Crippen LogP contribution < -0.4 is 5.73 Å². The molecule has 0 aliphatic rings. The summed E-state index contributed by atoms with van der Waals surface area (Å²) < 4.78 is 0.488. The van der Waals surface area contributed by atoms with Crippen molar-refractivity contribution in [2.75, 3.05) is 0 Å². The fourth-order valence-corrected chi connectivity index (χ4v) is 1.31. The van der Waals surface area contributed by atoms with Crippen molar-refractivity contribution in [1.82, 2.24) is 4.98 Å². The molecule has 1 aromatic rings. The van der Waals surface area contributed by atoms with Crippen molar-refractivity contribution >= 4 is 28.3 Å².